The molecule has 0 N–H and O–H groups in total. The summed E-state index contributed by atoms with van der Waals surface area (Å²) in [4.78, 5) is 16.1. The van der Waals surface area contributed by atoms with Crippen molar-refractivity contribution in [2.45, 2.75) is 112 Å². The lowest BCUT2D eigenvalue weighted by atomic mass is 10.0. The van der Waals surface area contributed by atoms with Gasteiger partial charge in [-0.3, -0.25) is 4.79 Å². The van der Waals surface area contributed by atoms with Gasteiger partial charge in [-0.05, 0) is 71.5 Å². The van der Waals surface area contributed by atoms with E-state index < -0.39 is 10.3 Å². The maximum absolute atomic E-state index is 13.0. The van der Waals surface area contributed by atoms with Crippen LogP contribution in [0, 0.1) is 0 Å². The summed E-state index contributed by atoms with van der Waals surface area (Å²) in [5.74, 6) is -0.139. The standard InChI is InChI=1S/C34H46O2S/c1-3-5-6-7-8-9-10-11-12-15-21-30-26-28-33(29-27-30)37(36-34(35)20-4-2,31-22-16-13-17-23-31)32-24-18-14-19-25-32/h13-14,16-19,22-29H,3-12,15,20-21H2,1-2H3. The highest BCUT2D eigenvalue weighted by molar-refractivity contribution is 8.30. The van der Waals surface area contributed by atoms with E-state index in [1.165, 1.54) is 69.8 Å². The van der Waals surface area contributed by atoms with Gasteiger partial charge in [0.2, 0.25) is 0 Å². The molecule has 0 aliphatic carbocycles. The summed E-state index contributed by atoms with van der Waals surface area (Å²) in [6.45, 7) is 4.30. The number of benzene rings is 3. The molecule has 0 bridgehead atoms. The van der Waals surface area contributed by atoms with Crippen molar-refractivity contribution in [3.8, 4) is 0 Å². The van der Waals surface area contributed by atoms with Crippen LogP contribution in [-0.4, -0.2) is 5.97 Å². The third-order valence-corrected chi connectivity index (χ3v) is 10.1. The second-order valence-electron chi connectivity index (χ2n) is 9.96. The van der Waals surface area contributed by atoms with Crippen molar-refractivity contribution in [3.05, 3.63) is 90.5 Å². The Morgan fingerprint density at radius 3 is 1.51 bits per heavy atom. The zero-order valence-electron chi connectivity index (χ0n) is 23.0. The Balaban J connectivity index is 1.70. The molecule has 0 heterocycles. The third-order valence-electron chi connectivity index (χ3n) is 6.90. The number of hydrogen-bond acceptors (Lipinski definition) is 2. The summed E-state index contributed by atoms with van der Waals surface area (Å²) in [5, 5.41) is 0. The summed E-state index contributed by atoms with van der Waals surface area (Å²) in [5.41, 5.74) is 1.36. The van der Waals surface area contributed by atoms with E-state index in [1.807, 2.05) is 43.3 Å². The number of unbranched alkanes of at least 4 members (excludes halogenated alkanes) is 9. The monoisotopic (exact) mass is 518 g/mol. The van der Waals surface area contributed by atoms with Gasteiger partial charge in [0.1, 0.15) is 0 Å². The minimum atomic E-state index is -2.16. The Labute approximate surface area is 227 Å². The first kappa shape index (κ1) is 29.0. The van der Waals surface area contributed by atoms with Crippen LogP contribution in [0.5, 0.6) is 0 Å². The van der Waals surface area contributed by atoms with E-state index in [-0.39, 0.29) is 5.97 Å². The Morgan fingerprint density at radius 2 is 1.03 bits per heavy atom. The molecule has 0 saturated carbocycles. The number of hydrogen-bond donors (Lipinski definition) is 0. The van der Waals surface area contributed by atoms with Gasteiger partial charge in [-0.2, -0.15) is 0 Å². The molecule has 0 saturated heterocycles. The molecule has 0 spiro atoms. The highest BCUT2D eigenvalue weighted by atomic mass is 32.3. The van der Waals surface area contributed by atoms with Crippen LogP contribution < -0.4 is 0 Å². The van der Waals surface area contributed by atoms with Crippen molar-refractivity contribution >= 4 is 16.3 Å². The van der Waals surface area contributed by atoms with Crippen molar-refractivity contribution in [2.24, 2.45) is 0 Å². The van der Waals surface area contributed by atoms with Crippen LogP contribution in [-0.2, 0) is 15.4 Å². The van der Waals surface area contributed by atoms with Gasteiger partial charge in [0, 0.05) is 21.1 Å². The van der Waals surface area contributed by atoms with Crippen LogP contribution in [0.3, 0.4) is 0 Å². The highest BCUT2D eigenvalue weighted by Gasteiger charge is 2.35. The molecule has 2 nitrogen and oxygen atoms in total. The fourth-order valence-electron chi connectivity index (χ4n) is 4.83. The molecular weight excluding hydrogens is 472 g/mol. The summed E-state index contributed by atoms with van der Waals surface area (Å²) in [7, 11) is -2.16. The molecule has 0 amide bonds. The molecule has 3 aromatic carbocycles. The summed E-state index contributed by atoms with van der Waals surface area (Å²) >= 11 is 0. The van der Waals surface area contributed by atoms with Gasteiger partial charge in [0.05, 0.1) is 0 Å². The average Bonchev–Trinajstić information content (AvgIpc) is 2.94. The predicted molar refractivity (Wildman–Crippen MR) is 158 cm³/mol. The first-order valence-electron chi connectivity index (χ1n) is 14.5. The lowest BCUT2D eigenvalue weighted by Crippen LogP contribution is -2.13. The van der Waals surface area contributed by atoms with E-state index in [9.17, 15) is 4.79 Å². The van der Waals surface area contributed by atoms with E-state index in [4.69, 9.17) is 4.18 Å². The molecule has 200 valence electrons. The number of aryl methyl sites for hydroxylation is 1. The molecule has 37 heavy (non-hydrogen) atoms. The largest absolute Gasteiger partial charge is 0.402 e. The average molecular weight is 519 g/mol. The van der Waals surface area contributed by atoms with Crippen molar-refractivity contribution in [1.82, 2.24) is 0 Å². The minimum Gasteiger partial charge on any atom is -0.402 e. The van der Waals surface area contributed by atoms with Crippen LogP contribution in [0.1, 0.15) is 96.5 Å². The molecule has 0 aliphatic rings. The zero-order valence-corrected chi connectivity index (χ0v) is 23.8. The summed E-state index contributed by atoms with van der Waals surface area (Å²) in [6.07, 6.45) is 15.9. The molecule has 3 aromatic rings. The predicted octanol–water partition coefficient (Wildman–Crippen LogP) is 10.7. The van der Waals surface area contributed by atoms with E-state index in [0.29, 0.717) is 6.42 Å². The van der Waals surface area contributed by atoms with Crippen LogP contribution in [0.25, 0.3) is 0 Å². The summed E-state index contributed by atoms with van der Waals surface area (Å²) < 4.78 is 6.49. The maximum Gasteiger partial charge on any atom is 0.317 e. The highest BCUT2D eigenvalue weighted by Crippen LogP contribution is 2.69. The first-order valence-corrected chi connectivity index (χ1v) is 16.0. The number of carbonyl (C=O) groups excluding carboxylic acids is 1. The minimum absolute atomic E-state index is 0.139. The van der Waals surface area contributed by atoms with Gasteiger partial charge >= 0.3 is 5.97 Å². The van der Waals surface area contributed by atoms with Crippen molar-refractivity contribution in [2.75, 3.05) is 0 Å². The van der Waals surface area contributed by atoms with Gasteiger partial charge in [0.15, 0.2) is 0 Å². The number of rotatable bonds is 17. The van der Waals surface area contributed by atoms with Crippen LogP contribution in [0.15, 0.2) is 99.6 Å². The lowest BCUT2D eigenvalue weighted by molar-refractivity contribution is -0.133. The van der Waals surface area contributed by atoms with Crippen LogP contribution in [0.2, 0.25) is 0 Å². The zero-order chi connectivity index (χ0) is 26.2. The Hall–Kier alpha value is -2.52. The molecule has 3 heteroatoms. The van der Waals surface area contributed by atoms with Crippen molar-refractivity contribution in [1.29, 1.82) is 0 Å². The molecule has 0 aromatic heterocycles. The van der Waals surface area contributed by atoms with Gasteiger partial charge < -0.3 is 4.18 Å². The molecule has 0 radical (unpaired) electrons. The molecule has 0 fully saturated rings. The Bertz CT molecular complexity index is 975. The van der Waals surface area contributed by atoms with Gasteiger partial charge in [-0.15, -0.1) is 0 Å². The Morgan fingerprint density at radius 1 is 0.568 bits per heavy atom. The van der Waals surface area contributed by atoms with Gasteiger partial charge in [-0.1, -0.05) is 120 Å². The molecular formula is C34H46O2S. The maximum atomic E-state index is 13.0. The smallest absolute Gasteiger partial charge is 0.317 e. The SMILES string of the molecule is CCCCCCCCCCCCc1ccc(S(OC(=O)CCC)(c2ccccc2)c2ccccc2)cc1. The third kappa shape index (κ3) is 8.78. The molecule has 0 atom stereocenters. The van der Waals surface area contributed by atoms with E-state index >= 15 is 0 Å². The van der Waals surface area contributed by atoms with Crippen molar-refractivity contribution < 1.29 is 8.98 Å². The van der Waals surface area contributed by atoms with Gasteiger partial charge in [-0.25, -0.2) is 0 Å². The second kappa shape index (κ2) is 16.3. The quantitative estimate of drug-likeness (QED) is 0.166. The second-order valence-corrected chi connectivity index (χ2v) is 12.7. The normalized spacial score (nSPS) is 11.8. The van der Waals surface area contributed by atoms with Crippen molar-refractivity contribution in [3.63, 3.8) is 0 Å². The van der Waals surface area contributed by atoms with E-state index in [0.717, 1.165) is 27.5 Å². The fraction of sp³-hybridized carbons (Fsp3) is 0.441. The van der Waals surface area contributed by atoms with E-state index in [2.05, 4.69) is 55.5 Å². The van der Waals surface area contributed by atoms with E-state index in [1.54, 1.807) is 0 Å². The molecule has 0 aliphatic heterocycles. The Kier molecular flexibility index (Phi) is 12.8. The fourth-order valence-corrected chi connectivity index (χ4v) is 7.89. The first-order chi connectivity index (χ1) is 18.2. The topological polar surface area (TPSA) is 26.3 Å². The molecule has 3 rings (SSSR count). The van der Waals surface area contributed by atoms with Crippen LogP contribution >= 0.6 is 10.3 Å². The molecule has 0 unspecified atom stereocenters. The van der Waals surface area contributed by atoms with Gasteiger partial charge in [0.25, 0.3) is 0 Å². The number of carbonyl (C=O) groups is 1. The van der Waals surface area contributed by atoms with Crippen LogP contribution in [0.4, 0.5) is 0 Å². The lowest BCUT2D eigenvalue weighted by Gasteiger charge is -2.39. The summed E-state index contributed by atoms with van der Waals surface area (Å²) in [6, 6.07) is 29.4.